The number of hydrogen-bond acceptors (Lipinski definition) is 5. The SMILES string of the molecule is Cc1ccccc1CN1CCN(C(=O)CN(C)CCCc2cc(-c3ccccc3)no2)CC1. The molecular weight excluding hydrogens is 412 g/mol. The Bertz CT molecular complexity index is 1030. The molecule has 0 spiro atoms. The van der Waals surface area contributed by atoms with Crippen molar-refractivity contribution in [3.8, 4) is 11.3 Å². The molecule has 2 heterocycles. The molecular formula is C27H34N4O2. The Balaban J connectivity index is 1.15. The average molecular weight is 447 g/mol. The maximum atomic E-state index is 12.8. The van der Waals surface area contributed by atoms with E-state index in [1.54, 1.807) is 0 Å². The van der Waals surface area contributed by atoms with Gasteiger partial charge in [-0.1, -0.05) is 59.8 Å². The predicted molar refractivity (Wildman–Crippen MR) is 131 cm³/mol. The van der Waals surface area contributed by atoms with Gasteiger partial charge in [-0.3, -0.25) is 14.6 Å². The summed E-state index contributed by atoms with van der Waals surface area (Å²) in [5, 5.41) is 4.18. The molecule has 2 aromatic carbocycles. The number of benzene rings is 2. The summed E-state index contributed by atoms with van der Waals surface area (Å²) in [5.41, 5.74) is 4.64. The van der Waals surface area contributed by atoms with Crippen molar-refractivity contribution in [2.45, 2.75) is 26.3 Å². The van der Waals surface area contributed by atoms with Gasteiger partial charge < -0.3 is 9.42 Å². The van der Waals surface area contributed by atoms with Crippen molar-refractivity contribution in [2.24, 2.45) is 0 Å². The van der Waals surface area contributed by atoms with Crippen LogP contribution in [-0.4, -0.2) is 72.1 Å². The number of likely N-dealkylation sites (N-methyl/N-ethyl adjacent to an activating group) is 1. The van der Waals surface area contributed by atoms with Crippen molar-refractivity contribution in [1.29, 1.82) is 0 Å². The second-order valence-electron chi connectivity index (χ2n) is 8.97. The molecule has 1 aliphatic heterocycles. The van der Waals surface area contributed by atoms with E-state index >= 15 is 0 Å². The summed E-state index contributed by atoms with van der Waals surface area (Å²) < 4.78 is 5.49. The van der Waals surface area contributed by atoms with Crippen LogP contribution in [-0.2, 0) is 17.8 Å². The smallest absolute Gasteiger partial charge is 0.236 e. The fourth-order valence-corrected chi connectivity index (χ4v) is 4.29. The summed E-state index contributed by atoms with van der Waals surface area (Å²) in [4.78, 5) is 19.3. The molecule has 6 nitrogen and oxygen atoms in total. The topological polar surface area (TPSA) is 52.8 Å². The van der Waals surface area contributed by atoms with E-state index in [1.807, 2.05) is 48.3 Å². The van der Waals surface area contributed by atoms with Gasteiger partial charge in [0, 0.05) is 50.8 Å². The molecule has 174 valence electrons. The first-order chi connectivity index (χ1) is 16.1. The third kappa shape index (κ3) is 6.53. The molecule has 1 saturated heterocycles. The third-order valence-corrected chi connectivity index (χ3v) is 6.38. The number of aryl methyl sites for hydroxylation is 2. The molecule has 4 rings (SSSR count). The maximum Gasteiger partial charge on any atom is 0.236 e. The van der Waals surface area contributed by atoms with Crippen LogP contribution in [0.15, 0.2) is 65.2 Å². The van der Waals surface area contributed by atoms with Crippen LogP contribution in [0.2, 0.25) is 0 Å². The van der Waals surface area contributed by atoms with Crippen molar-refractivity contribution >= 4 is 5.91 Å². The van der Waals surface area contributed by atoms with Gasteiger partial charge in [-0.2, -0.15) is 0 Å². The molecule has 0 saturated carbocycles. The maximum absolute atomic E-state index is 12.8. The molecule has 0 atom stereocenters. The van der Waals surface area contributed by atoms with Gasteiger partial charge >= 0.3 is 0 Å². The van der Waals surface area contributed by atoms with Crippen LogP contribution in [0.25, 0.3) is 11.3 Å². The second-order valence-corrected chi connectivity index (χ2v) is 8.97. The van der Waals surface area contributed by atoms with E-state index in [0.29, 0.717) is 6.54 Å². The highest BCUT2D eigenvalue weighted by atomic mass is 16.5. The minimum absolute atomic E-state index is 0.221. The largest absolute Gasteiger partial charge is 0.361 e. The Morgan fingerprint density at radius 3 is 2.52 bits per heavy atom. The minimum Gasteiger partial charge on any atom is -0.361 e. The standard InChI is InChI=1S/C27H34N4O2/c1-22-9-6-7-12-24(22)20-30-15-17-31(18-16-30)27(32)21-29(2)14-8-13-25-19-26(28-33-25)23-10-4-3-5-11-23/h3-7,9-12,19H,8,13-18,20-21H2,1-2H3. The number of nitrogens with zero attached hydrogens (tertiary/aromatic N) is 4. The number of carbonyl (C=O) groups is 1. The number of amides is 1. The molecule has 0 N–H and O–H groups in total. The van der Waals surface area contributed by atoms with E-state index in [2.05, 4.69) is 46.1 Å². The van der Waals surface area contributed by atoms with Crippen LogP contribution in [0, 0.1) is 6.92 Å². The summed E-state index contributed by atoms with van der Waals surface area (Å²) in [6.07, 6.45) is 1.74. The molecule has 1 fully saturated rings. The number of piperazine rings is 1. The number of rotatable bonds is 9. The Morgan fingerprint density at radius 1 is 1.03 bits per heavy atom. The normalized spacial score (nSPS) is 14.7. The van der Waals surface area contributed by atoms with Gasteiger partial charge in [-0.15, -0.1) is 0 Å². The van der Waals surface area contributed by atoms with Gasteiger partial charge in [0.05, 0.1) is 6.54 Å². The van der Waals surface area contributed by atoms with Crippen molar-refractivity contribution in [2.75, 3.05) is 46.3 Å². The van der Waals surface area contributed by atoms with Crippen molar-refractivity contribution < 1.29 is 9.32 Å². The van der Waals surface area contributed by atoms with Crippen LogP contribution in [0.5, 0.6) is 0 Å². The van der Waals surface area contributed by atoms with E-state index in [-0.39, 0.29) is 5.91 Å². The lowest BCUT2D eigenvalue weighted by Crippen LogP contribution is -2.50. The first kappa shape index (κ1) is 23.2. The van der Waals surface area contributed by atoms with E-state index in [0.717, 1.165) is 69.1 Å². The number of aromatic nitrogens is 1. The lowest BCUT2D eigenvalue weighted by molar-refractivity contribution is -0.133. The van der Waals surface area contributed by atoms with E-state index in [9.17, 15) is 4.79 Å². The van der Waals surface area contributed by atoms with Crippen LogP contribution in [0.4, 0.5) is 0 Å². The highest BCUT2D eigenvalue weighted by molar-refractivity contribution is 5.78. The summed E-state index contributed by atoms with van der Waals surface area (Å²) in [6, 6.07) is 20.6. The molecule has 3 aromatic rings. The van der Waals surface area contributed by atoms with Gasteiger partial charge in [0.2, 0.25) is 5.91 Å². The lowest BCUT2D eigenvalue weighted by atomic mass is 10.1. The zero-order chi connectivity index (χ0) is 23.0. The molecule has 33 heavy (non-hydrogen) atoms. The Morgan fingerprint density at radius 2 is 1.76 bits per heavy atom. The first-order valence-corrected chi connectivity index (χ1v) is 11.8. The minimum atomic E-state index is 0.221. The van der Waals surface area contributed by atoms with E-state index in [1.165, 1.54) is 11.1 Å². The van der Waals surface area contributed by atoms with Gasteiger partial charge in [0.15, 0.2) is 0 Å². The molecule has 0 unspecified atom stereocenters. The fraction of sp³-hybridized carbons (Fsp3) is 0.407. The second kappa shape index (κ2) is 11.3. The molecule has 0 bridgehead atoms. The monoisotopic (exact) mass is 446 g/mol. The van der Waals surface area contributed by atoms with Gasteiger partial charge in [0.1, 0.15) is 11.5 Å². The highest BCUT2D eigenvalue weighted by Gasteiger charge is 2.22. The van der Waals surface area contributed by atoms with Crippen LogP contribution >= 0.6 is 0 Å². The van der Waals surface area contributed by atoms with Crippen LogP contribution < -0.4 is 0 Å². The quantitative estimate of drug-likeness (QED) is 0.500. The average Bonchev–Trinajstić information content (AvgIpc) is 3.30. The lowest BCUT2D eigenvalue weighted by Gasteiger charge is -2.35. The molecule has 0 aliphatic carbocycles. The zero-order valence-electron chi connectivity index (χ0n) is 19.7. The molecule has 0 radical (unpaired) electrons. The van der Waals surface area contributed by atoms with E-state index < -0.39 is 0 Å². The zero-order valence-corrected chi connectivity index (χ0v) is 19.7. The summed E-state index contributed by atoms with van der Waals surface area (Å²) >= 11 is 0. The highest BCUT2D eigenvalue weighted by Crippen LogP contribution is 2.19. The number of hydrogen-bond donors (Lipinski definition) is 0. The van der Waals surface area contributed by atoms with E-state index in [4.69, 9.17) is 4.52 Å². The molecule has 1 amide bonds. The van der Waals surface area contributed by atoms with Gasteiger partial charge in [-0.25, -0.2) is 0 Å². The van der Waals surface area contributed by atoms with Crippen molar-refractivity contribution in [1.82, 2.24) is 19.9 Å². The van der Waals surface area contributed by atoms with Crippen molar-refractivity contribution in [3.63, 3.8) is 0 Å². The summed E-state index contributed by atoms with van der Waals surface area (Å²) in [7, 11) is 2.02. The summed E-state index contributed by atoms with van der Waals surface area (Å²) in [5.74, 6) is 1.11. The van der Waals surface area contributed by atoms with Crippen LogP contribution in [0.1, 0.15) is 23.3 Å². The third-order valence-electron chi connectivity index (χ3n) is 6.38. The molecule has 1 aliphatic rings. The fourth-order valence-electron chi connectivity index (χ4n) is 4.29. The van der Waals surface area contributed by atoms with Crippen LogP contribution in [0.3, 0.4) is 0 Å². The number of carbonyl (C=O) groups excluding carboxylic acids is 1. The van der Waals surface area contributed by atoms with Gasteiger partial charge in [0.25, 0.3) is 0 Å². The summed E-state index contributed by atoms with van der Waals surface area (Å²) in [6.45, 7) is 7.90. The van der Waals surface area contributed by atoms with Gasteiger partial charge in [-0.05, 0) is 38.1 Å². The van der Waals surface area contributed by atoms with Crippen molar-refractivity contribution in [3.05, 3.63) is 77.6 Å². The Hall–Kier alpha value is -2.96. The molecule has 6 heteroatoms. The predicted octanol–water partition coefficient (Wildman–Crippen LogP) is 3.86. The first-order valence-electron chi connectivity index (χ1n) is 11.8. The Kier molecular flexibility index (Phi) is 7.92. The Labute approximate surface area is 196 Å². The molecule has 1 aromatic heterocycles.